The SMILES string of the molecule is COc1cc2c(cc1Cl)CCN1CCc3ccccc3C21. The molecule has 2 aliphatic rings. The molecule has 1 atom stereocenters. The van der Waals surface area contributed by atoms with E-state index in [1.54, 1.807) is 7.11 Å². The molecule has 2 aliphatic heterocycles. The zero-order valence-corrected chi connectivity index (χ0v) is 12.9. The predicted octanol–water partition coefficient (Wildman–Crippen LogP) is 3.85. The van der Waals surface area contributed by atoms with Crippen LogP contribution in [-0.2, 0) is 12.8 Å². The molecule has 3 heteroatoms. The van der Waals surface area contributed by atoms with Gasteiger partial charge in [0.2, 0.25) is 0 Å². The number of ether oxygens (including phenoxy) is 1. The van der Waals surface area contributed by atoms with Gasteiger partial charge in [0.1, 0.15) is 5.75 Å². The fraction of sp³-hybridized carbons (Fsp3) is 0.333. The Morgan fingerprint density at radius 3 is 2.62 bits per heavy atom. The minimum Gasteiger partial charge on any atom is -0.495 e. The summed E-state index contributed by atoms with van der Waals surface area (Å²) in [5, 5.41) is 0.716. The Bertz CT molecular complexity index is 698. The van der Waals surface area contributed by atoms with Crippen molar-refractivity contribution in [2.24, 2.45) is 0 Å². The Morgan fingerprint density at radius 2 is 1.81 bits per heavy atom. The highest BCUT2D eigenvalue weighted by Crippen LogP contribution is 2.42. The van der Waals surface area contributed by atoms with Crippen molar-refractivity contribution < 1.29 is 4.74 Å². The van der Waals surface area contributed by atoms with Gasteiger partial charge in [-0.2, -0.15) is 0 Å². The van der Waals surface area contributed by atoms with Crippen molar-refractivity contribution in [2.75, 3.05) is 20.2 Å². The van der Waals surface area contributed by atoms with Crippen molar-refractivity contribution in [3.8, 4) is 5.75 Å². The molecule has 1 unspecified atom stereocenters. The molecule has 21 heavy (non-hydrogen) atoms. The topological polar surface area (TPSA) is 12.5 Å². The van der Waals surface area contributed by atoms with Gasteiger partial charge in [0, 0.05) is 13.1 Å². The second-order valence-corrected chi connectivity index (χ2v) is 6.23. The average Bonchev–Trinajstić information content (AvgIpc) is 2.53. The summed E-state index contributed by atoms with van der Waals surface area (Å²) >= 11 is 6.30. The van der Waals surface area contributed by atoms with E-state index in [9.17, 15) is 0 Å². The van der Waals surface area contributed by atoms with Crippen LogP contribution in [0.2, 0.25) is 5.02 Å². The van der Waals surface area contributed by atoms with Gasteiger partial charge in [-0.05, 0) is 47.2 Å². The van der Waals surface area contributed by atoms with Crippen molar-refractivity contribution >= 4 is 11.6 Å². The third kappa shape index (κ3) is 2.05. The number of hydrogen-bond donors (Lipinski definition) is 0. The zero-order valence-electron chi connectivity index (χ0n) is 12.1. The maximum absolute atomic E-state index is 6.30. The molecule has 0 saturated carbocycles. The fourth-order valence-corrected chi connectivity index (χ4v) is 3.99. The minimum atomic E-state index is 0.352. The largest absolute Gasteiger partial charge is 0.495 e. The van der Waals surface area contributed by atoms with Crippen molar-refractivity contribution in [1.82, 2.24) is 4.90 Å². The van der Waals surface area contributed by atoms with E-state index >= 15 is 0 Å². The number of halogens is 1. The number of fused-ring (bicyclic) bond motifs is 5. The van der Waals surface area contributed by atoms with Crippen LogP contribution in [0.1, 0.15) is 28.3 Å². The molecule has 2 aromatic carbocycles. The summed E-state index contributed by atoms with van der Waals surface area (Å²) in [6.07, 6.45) is 2.21. The summed E-state index contributed by atoms with van der Waals surface area (Å²) in [5.41, 5.74) is 5.63. The van der Waals surface area contributed by atoms with E-state index in [-0.39, 0.29) is 0 Å². The zero-order chi connectivity index (χ0) is 14.4. The van der Waals surface area contributed by atoms with Gasteiger partial charge >= 0.3 is 0 Å². The summed E-state index contributed by atoms with van der Waals surface area (Å²) in [7, 11) is 1.68. The van der Waals surface area contributed by atoms with E-state index in [2.05, 4.69) is 41.3 Å². The first-order chi connectivity index (χ1) is 10.3. The minimum absolute atomic E-state index is 0.352. The lowest BCUT2D eigenvalue weighted by Gasteiger charge is -2.42. The molecule has 2 nitrogen and oxygen atoms in total. The summed E-state index contributed by atoms with van der Waals surface area (Å²) < 4.78 is 5.43. The van der Waals surface area contributed by atoms with Crippen LogP contribution >= 0.6 is 11.6 Å². The van der Waals surface area contributed by atoms with Crippen LogP contribution in [0.3, 0.4) is 0 Å². The van der Waals surface area contributed by atoms with Crippen molar-refractivity contribution in [2.45, 2.75) is 18.9 Å². The quantitative estimate of drug-likeness (QED) is 0.793. The van der Waals surface area contributed by atoms with E-state index < -0.39 is 0 Å². The Balaban J connectivity index is 1.90. The van der Waals surface area contributed by atoms with Crippen LogP contribution < -0.4 is 4.74 Å². The molecule has 108 valence electrons. The van der Waals surface area contributed by atoms with E-state index in [0.29, 0.717) is 11.1 Å². The van der Waals surface area contributed by atoms with Crippen LogP contribution in [-0.4, -0.2) is 25.1 Å². The van der Waals surface area contributed by atoms with Gasteiger partial charge in [-0.3, -0.25) is 4.90 Å². The highest BCUT2D eigenvalue weighted by atomic mass is 35.5. The second-order valence-electron chi connectivity index (χ2n) is 5.82. The number of nitrogens with zero attached hydrogens (tertiary/aromatic N) is 1. The summed E-state index contributed by atoms with van der Waals surface area (Å²) in [4.78, 5) is 2.58. The highest BCUT2D eigenvalue weighted by molar-refractivity contribution is 6.32. The molecular weight excluding hydrogens is 282 g/mol. The Hall–Kier alpha value is -1.51. The Labute approximate surface area is 130 Å². The van der Waals surface area contributed by atoms with Crippen LogP contribution in [0.5, 0.6) is 5.75 Å². The van der Waals surface area contributed by atoms with Gasteiger partial charge in [-0.1, -0.05) is 35.9 Å². The van der Waals surface area contributed by atoms with Gasteiger partial charge in [0.25, 0.3) is 0 Å². The van der Waals surface area contributed by atoms with Crippen LogP contribution in [0.15, 0.2) is 36.4 Å². The molecule has 4 rings (SSSR count). The fourth-order valence-electron chi connectivity index (χ4n) is 3.73. The lowest BCUT2D eigenvalue weighted by atomic mass is 9.82. The first kappa shape index (κ1) is 13.2. The maximum Gasteiger partial charge on any atom is 0.137 e. The lowest BCUT2D eigenvalue weighted by Crippen LogP contribution is -2.40. The molecule has 0 saturated heterocycles. The van der Waals surface area contributed by atoms with Gasteiger partial charge in [0.05, 0.1) is 18.2 Å². The van der Waals surface area contributed by atoms with Gasteiger partial charge < -0.3 is 4.74 Å². The van der Waals surface area contributed by atoms with Crippen LogP contribution in [0, 0.1) is 0 Å². The van der Waals surface area contributed by atoms with E-state index in [1.807, 2.05) is 0 Å². The molecule has 0 fully saturated rings. The Kier molecular flexibility index (Phi) is 3.16. The molecule has 2 aromatic rings. The van der Waals surface area contributed by atoms with Crippen molar-refractivity contribution in [1.29, 1.82) is 0 Å². The molecule has 0 bridgehead atoms. The standard InChI is InChI=1S/C18H18ClNO/c1-21-17-11-15-13(10-16(17)19)7-9-20-8-6-12-4-2-3-5-14(12)18(15)20/h2-5,10-11,18H,6-9H2,1H3. The number of rotatable bonds is 1. The molecule has 0 radical (unpaired) electrons. The molecular formula is C18H18ClNO. The van der Waals surface area contributed by atoms with Crippen molar-refractivity contribution in [3.05, 3.63) is 63.7 Å². The molecule has 0 spiro atoms. The molecule has 0 N–H and O–H groups in total. The number of hydrogen-bond acceptors (Lipinski definition) is 2. The Morgan fingerprint density at radius 1 is 1.05 bits per heavy atom. The lowest BCUT2D eigenvalue weighted by molar-refractivity contribution is 0.201. The third-order valence-electron chi connectivity index (χ3n) is 4.76. The number of methoxy groups -OCH3 is 1. The average molecular weight is 300 g/mol. The molecule has 0 aromatic heterocycles. The summed E-state index contributed by atoms with van der Waals surface area (Å²) in [5.74, 6) is 0.778. The van der Waals surface area contributed by atoms with Crippen LogP contribution in [0.4, 0.5) is 0 Å². The van der Waals surface area contributed by atoms with Gasteiger partial charge in [-0.25, -0.2) is 0 Å². The van der Waals surface area contributed by atoms with Gasteiger partial charge in [-0.15, -0.1) is 0 Å². The van der Waals surface area contributed by atoms with E-state index in [4.69, 9.17) is 16.3 Å². The normalized spacial score (nSPS) is 20.4. The maximum atomic E-state index is 6.30. The van der Waals surface area contributed by atoms with Crippen molar-refractivity contribution in [3.63, 3.8) is 0 Å². The first-order valence-corrected chi connectivity index (χ1v) is 7.84. The second kappa shape index (κ2) is 5.04. The molecule has 2 heterocycles. The van der Waals surface area contributed by atoms with E-state index in [0.717, 1.165) is 31.7 Å². The summed E-state index contributed by atoms with van der Waals surface area (Å²) in [6, 6.07) is 13.4. The monoisotopic (exact) mass is 299 g/mol. The molecule has 0 amide bonds. The van der Waals surface area contributed by atoms with Gasteiger partial charge in [0.15, 0.2) is 0 Å². The third-order valence-corrected chi connectivity index (χ3v) is 5.06. The smallest absolute Gasteiger partial charge is 0.137 e. The van der Waals surface area contributed by atoms with Crippen LogP contribution in [0.25, 0.3) is 0 Å². The predicted molar refractivity (Wildman–Crippen MR) is 85.3 cm³/mol. The number of benzene rings is 2. The highest BCUT2D eigenvalue weighted by Gasteiger charge is 2.33. The van der Waals surface area contributed by atoms with E-state index in [1.165, 1.54) is 22.3 Å². The first-order valence-electron chi connectivity index (χ1n) is 7.46. The summed E-state index contributed by atoms with van der Waals surface area (Å²) in [6.45, 7) is 2.24. The molecule has 0 aliphatic carbocycles.